The van der Waals surface area contributed by atoms with E-state index in [1.165, 1.54) is 20.9 Å². The monoisotopic (exact) mass is 427 g/mol. The van der Waals surface area contributed by atoms with Gasteiger partial charge in [0.1, 0.15) is 4.83 Å². The summed E-state index contributed by atoms with van der Waals surface area (Å²) >= 11 is 8.49. The van der Waals surface area contributed by atoms with Gasteiger partial charge < -0.3 is 4.98 Å². The average Bonchev–Trinajstić information content (AvgIpc) is 3.25. The van der Waals surface area contributed by atoms with E-state index >= 15 is 0 Å². The maximum atomic E-state index is 13.2. The van der Waals surface area contributed by atoms with Gasteiger partial charge in [0.15, 0.2) is 0 Å². The SMILES string of the molecule is CC1CCc2c(sc3[nH]c(=S)n(NC(=O)c4csc5ccccc45)c(=O)c23)C1. The molecule has 5 nitrogen and oxygen atoms in total. The van der Waals surface area contributed by atoms with Gasteiger partial charge in [-0.15, -0.1) is 22.7 Å². The Hall–Kier alpha value is -2.29. The van der Waals surface area contributed by atoms with E-state index in [4.69, 9.17) is 12.2 Å². The van der Waals surface area contributed by atoms with Gasteiger partial charge in [-0.05, 0) is 49.0 Å². The molecule has 0 spiro atoms. The first-order valence-corrected chi connectivity index (χ1v) is 11.2. The van der Waals surface area contributed by atoms with Crippen molar-refractivity contribution in [2.75, 3.05) is 5.43 Å². The first-order chi connectivity index (χ1) is 13.5. The third kappa shape index (κ3) is 2.75. The normalized spacial score (nSPS) is 16.4. The number of hydrogen-bond acceptors (Lipinski definition) is 5. The van der Waals surface area contributed by atoms with E-state index in [1.807, 2.05) is 29.6 Å². The molecule has 1 aromatic carbocycles. The quantitative estimate of drug-likeness (QED) is 0.450. The number of fused-ring (bicyclic) bond motifs is 4. The van der Waals surface area contributed by atoms with Gasteiger partial charge in [-0.2, -0.15) is 4.68 Å². The number of hydrogen-bond donors (Lipinski definition) is 2. The molecule has 8 heteroatoms. The number of aromatic nitrogens is 2. The van der Waals surface area contributed by atoms with Crippen molar-refractivity contribution >= 4 is 61.1 Å². The minimum Gasteiger partial charge on any atom is -0.322 e. The van der Waals surface area contributed by atoms with Crippen molar-refractivity contribution in [2.45, 2.75) is 26.2 Å². The highest BCUT2D eigenvalue weighted by atomic mass is 32.1. The molecule has 3 aromatic heterocycles. The fourth-order valence-electron chi connectivity index (χ4n) is 3.84. The molecule has 28 heavy (non-hydrogen) atoms. The standard InChI is InChI=1S/C20H17N3O2S3/c1-10-6-7-12-15(8-10)28-18-16(12)19(25)23(20(26)21-18)22-17(24)13-9-27-14-5-3-2-4-11(13)14/h2-5,9-10H,6-8H2,1H3,(H,21,26)(H,22,24). The van der Waals surface area contributed by atoms with Crippen LogP contribution in [0, 0.1) is 10.7 Å². The van der Waals surface area contributed by atoms with Gasteiger partial charge in [-0.1, -0.05) is 25.1 Å². The van der Waals surface area contributed by atoms with Crippen LogP contribution in [-0.4, -0.2) is 15.6 Å². The number of aromatic amines is 1. The number of H-pyrrole nitrogens is 1. The minimum atomic E-state index is -0.337. The molecule has 1 atom stereocenters. The molecule has 0 saturated carbocycles. The van der Waals surface area contributed by atoms with E-state index in [1.54, 1.807) is 11.3 Å². The van der Waals surface area contributed by atoms with E-state index in [0.29, 0.717) is 16.9 Å². The molecule has 2 N–H and O–H groups in total. The van der Waals surface area contributed by atoms with E-state index in [9.17, 15) is 9.59 Å². The van der Waals surface area contributed by atoms with Gasteiger partial charge >= 0.3 is 0 Å². The molecule has 3 heterocycles. The predicted molar refractivity (Wildman–Crippen MR) is 118 cm³/mol. The highest BCUT2D eigenvalue weighted by Gasteiger charge is 2.24. The molecule has 1 unspecified atom stereocenters. The highest BCUT2D eigenvalue weighted by Crippen LogP contribution is 2.35. The molecular weight excluding hydrogens is 410 g/mol. The topological polar surface area (TPSA) is 66.9 Å². The van der Waals surface area contributed by atoms with Crippen LogP contribution in [0.25, 0.3) is 20.3 Å². The Morgan fingerprint density at radius 1 is 1.36 bits per heavy atom. The van der Waals surface area contributed by atoms with Crippen LogP contribution in [0.15, 0.2) is 34.4 Å². The molecule has 1 aliphatic rings. The number of carbonyl (C=O) groups excluding carboxylic acids is 1. The summed E-state index contributed by atoms with van der Waals surface area (Å²) in [6.07, 6.45) is 2.95. The number of amides is 1. The summed E-state index contributed by atoms with van der Waals surface area (Å²) < 4.78 is 2.41. The van der Waals surface area contributed by atoms with Crippen molar-refractivity contribution in [3.8, 4) is 0 Å². The van der Waals surface area contributed by atoms with Crippen molar-refractivity contribution in [2.24, 2.45) is 5.92 Å². The maximum absolute atomic E-state index is 13.2. The average molecular weight is 428 g/mol. The lowest BCUT2D eigenvalue weighted by atomic mass is 9.89. The van der Waals surface area contributed by atoms with Crippen LogP contribution in [0.1, 0.15) is 34.1 Å². The second-order valence-corrected chi connectivity index (χ2v) is 9.62. The third-order valence-corrected chi connectivity index (χ3v) is 7.71. The van der Waals surface area contributed by atoms with Crippen LogP contribution in [0.4, 0.5) is 0 Å². The Balaban J connectivity index is 1.60. The smallest absolute Gasteiger partial charge is 0.282 e. The second-order valence-electron chi connectivity index (χ2n) is 7.21. The van der Waals surface area contributed by atoms with E-state index in [-0.39, 0.29) is 16.2 Å². The zero-order valence-electron chi connectivity index (χ0n) is 15.1. The molecular formula is C20H17N3O2S3. The number of thiophene rings is 2. The largest absolute Gasteiger partial charge is 0.322 e. The zero-order chi connectivity index (χ0) is 19.4. The summed E-state index contributed by atoms with van der Waals surface area (Å²) in [6.45, 7) is 2.24. The molecule has 0 saturated heterocycles. The number of benzene rings is 1. The fourth-order valence-corrected chi connectivity index (χ4v) is 6.48. The summed E-state index contributed by atoms with van der Waals surface area (Å²) in [5.41, 5.74) is 4.11. The summed E-state index contributed by atoms with van der Waals surface area (Å²) in [5, 5.41) is 3.34. The second kappa shape index (κ2) is 6.65. The molecule has 0 aliphatic heterocycles. The fraction of sp³-hybridized carbons (Fsp3) is 0.250. The van der Waals surface area contributed by atoms with Crippen LogP contribution in [0.3, 0.4) is 0 Å². The van der Waals surface area contributed by atoms with Crippen molar-refractivity contribution in [3.63, 3.8) is 0 Å². The molecule has 0 radical (unpaired) electrons. The van der Waals surface area contributed by atoms with Gasteiger partial charge in [0.2, 0.25) is 4.77 Å². The lowest BCUT2D eigenvalue weighted by molar-refractivity contribution is 0.101. The number of nitrogens with one attached hydrogen (secondary N) is 2. The van der Waals surface area contributed by atoms with Gasteiger partial charge in [-0.25, -0.2) is 0 Å². The van der Waals surface area contributed by atoms with Crippen molar-refractivity contribution in [1.29, 1.82) is 0 Å². The van der Waals surface area contributed by atoms with E-state index in [2.05, 4.69) is 17.3 Å². The maximum Gasteiger partial charge on any atom is 0.282 e. The Morgan fingerprint density at radius 2 is 2.18 bits per heavy atom. The summed E-state index contributed by atoms with van der Waals surface area (Å²) in [4.78, 5) is 31.3. The Kier molecular flexibility index (Phi) is 4.22. The first kappa shape index (κ1) is 17.8. The Morgan fingerprint density at radius 3 is 3.04 bits per heavy atom. The van der Waals surface area contributed by atoms with Crippen molar-refractivity contribution in [3.05, 3.63) is 60.8 Å². The number of aryl methyl sites for hydroxylation is 1. The van der Waals surface area contributed by atoms with Gasteiger partial charge in [-0.3, -0.25) is 15.0 Å². The van der Waals surface area contributed by atoms with Crippen molar-refractivity contribution in [1.82, 2.24) is 9.66 Å². The lowest BCUT2D eigenvalue weighted by Gasteiger charge is -2.17. The lowest BCUT2D eigenvalue weighted by Crippen LogP contribution is -2.34. The molecule has 142 valence electrons. The summed E-state index contributed by atoms with van der Waals surface area (Å²) in [6, 6.07) is 7.72. The van der Waals surface area contributed by atoms with Gasteiger partial charge in [0.25, 0.3) is 11.5 Å². The summed E-state index contributed by atoms with van der Waals surface area (Å²) in [5.74, 6) is 0.286. The molecule has 1 amide bonds. The van der Waals surface area contributed by atoms with E-state index < -0.39 is 0 Å². The van der Waals surface area contributed by atoms with Gasteiger partial charge in [0.05, 0.1) is 10.9 Å². The molecule has 4 aromatic rings. The van der Waals surface area contributed by atoms with Gasteiger partial charge in [0, 0.05) is 20.3 Å². The highest BCUT2D eigenvalue weighted by molar-refractivity contribution is 7.71. The predicted octanol–water partition coefficient (Wildman–Crippen LogP) is 4.84. The first-order valence-electron chi connectivity index (χ1n) is 9.10. The molecule has 0 fully saturated rings. The summed E-state index contributed by atoms with van der Waals surface area (Å²) in [7, 11) is 0. The Bertz CT molecular complexity index is 1360. The third-order valence-electron chi connectivity index (χ3n) is 5.29. The van der Waals surface area contributed by atoms with Crippen LogP contribution in [0.2, 0.25) is 0 Å². The zero-order valence-corrected chi connectivity index (χ0v) is 17.5. The minimum absolute atomic E-state index is 0.206. The number of rotatable bonds is 2. The molecule has 5 rings (SSSR count). The molecule has 1 aliphatic carbocycles. The number of nitrogens with zero attached hydrogens (tertiary/aromatic N) is 1. The van der Waals surface area contributed by atoms with E-state index in [0.717, 1.165) is 39.7 Å². The molecule has 0 bridgehead atoms. The van der Waals surface area contributed by atoms with Crippen LogP contribution in [-0.2, 0) is 12.8 Å². The van der Waals surface area contributed by atoms with Crippen LogP contribution in [0.5, 0.6) is 0 Å². The van der Waals surface area contributed by atoms with Crippen LogP contribution >= 0.6 is 34.9 Å². The number of carbonyl (C=O) groups is 1. The Labute approximate surface area is 173 Å². The van der Waals surface area contributed by atoms with Crippen LogP contribution < -0.4 is 11.0 Å². The van der Waals surface area contributed by atoms with Crippen molar-refractivity contribution < 1.29 is 4.79 Å².